The van der Waals surface area contributed by atoms with E-state index < -0.39 is 16.1 Å². The first-order chi connectivity index (χ1) is 18.6. The Hall–Kier alpha value is -3.41. The van der Waals surface area contributed by atoms with Gasteiger partial charge in [-0.3, -0.25) is 10.2 Å². The lowest BCUT2D eigenvalue weighted by molar-refractivity contribution is -0.134. The Morgan fingerprint density at radius 1 is 1.21 bits per heavy atom. The fourth-order valence-electron chi connectivity index (χ4n) is 5.22. The number of likely N-dealkylation sites (N-methyl/N-ethyl adjacent to an activating group) is 1. The van der Waals surface area contributed by atoms with Gasteiger partial charge in [0.1, 0.15) is 6.04 Å². The van der Waals surface area contributed by atoms with Crippen molar-refractivity contribution < 1.29 is 13.2 Å². The van der Waals surface area contributed by atoms with Gasteiger partial charge in [0.15, 0.2) is 5.96 Å². The standard InChI is InChI=1S/C28H31BrN6O3S/c1-34(22-7-4-12-35(17-22)28(30)31)27(36)26(14-20-16-32-25-11-9-21(29)15-24(20)25)33-39(37,38)23-10-8-18-5-2-3-6-19(18)13-23/h2-3,5-6,8-11,13,15-16,22,26,32-33H,4,7,12,14,17H2,1H3,(H3,30,31). The zero-order valence-corrected chi connectivity index (χ0v) is 23.9. The summed E-state index contributed by atoms with van der Waals surface area (Å²) < 4.78 is 30.9. The SMILES string of the molecule is CN(C(=O)C(Cc1c[nH]c2ccc(Br)cc12)NS(=O)(=O)c1ccc2ccccc2c1)C1CCCN(C(=N)N)C1. The molecule has 4 aromatic rings. The minimum atomic E-state index is -4.03. The summed E-state index contributed by atoms with van der Waals surface area (Å²) >= 11 is 3.51. The van der Waals surface area contributed by atoms with E-state index in [9.17, 15) is 13.2 Å². The third-order valence-electron chi connectivity index (χ3n) is 7.41. The van der Waals surface area contributed by atoms with E-state index >= 15 is 0 Å². The molecule has 3 aromatic carbocycles. The molecule has 204 valence electrons. The number of carbonyl (C=O) groups is 1. The number of nitrogens with two attached hydrogens (primary N) is 1. The lowest BCUT2D eigenvalue weighted by atomic mass is 10.0. The lowest BCUT2D eigenvalue weighted by Gasteiger charge is -2.39. The average molecular weight is 612 g/mol. The molecule has 1 aromatic heterocycles. The van der Waals surface area contributed by atoms with Crippen LogP contribution in [0.3, 0.4) is 0 Å². The maximum absolute atomic E-state index is 13.9. The van der Waals surface area contributed by atoms with Crippen LogP contribution >= 0.6 is 15.9 Å². The molecule has 2 heterocycles. The predicted molar refractivity (Wildman–Crippen MR) is 157 cm³/mol. The van der Waals surface area contributed by atoms with Gasteiger partial charge in [0, 0.05) is 47.8 Å². The topological polar surface area (TPSA) is 135 Å². The van der Waals surface area contributed by atoms with Gasteiger partial charge in [-0.1, -0.05) is 46.3 Å². The maximum Gasteiger partial charge on any atom is 0.241 e. The van der Waals surface area contributed by atoms with Crippen molar-refractivity contribution in [1.82, 2.24) is 19.5 Å². The molecule has 0 radical (unpaired) electrons. The molecule has 1 amide bonds. The van der Waals surface area contributed by atoms with Crippen LogP contribution in [0.2, 0.25) is 0 Å². The molecule has 11 heteroatoms. The molecule has 39 heavy (non-hydrogen) atoms. The largest absolute Gasteiger partial charge is 0.370 e. The molecule has 1 fully saturated rings. The van der Waals surface area contributed by atoms with E-state index in [0.29, 0.717) is 13.1 Å². The van der Waals surface area contributed by atoms with Crippen molar-refractivity contribution in [3.8, 4) is 0 Å². The number of rotatable bonds is 7. The molecule has 0 bridgehead atoms. The van der Waals surface area contributed by atoms with Gasteiger partial charge in [-0.2, -0.15) is 4.72 Å². The van der Waals surface area contributed by atoms with E-state index in [-0.39, 0.29) is 29.2 Å². The van der Waals surface area contributed by atoms with Gasteiger partial charge in [0.05, 0.1) is 4.90 Å². The molecule has 2 atom stereocenters. The lowest BCUT2D eigenvalue weighted by Crippen LogP contribution is -2.56. The highest BCUT2D eigenvalue weighted by atomic mass is 79.9. The Kier molecular flexibility index (Phi) is 7.66. The molecular formula is C28H31BrN6O3S. The first-order valence-electron chi connectivity index (χ1n) is 12.7. The monoisotopic (exact) mass is 610 g/mol. The third-order valence-corrected chi connectivity index (χ3v) is 9.38. The summed E-state index contributed by atoms with van der Waals surface area (Å²) in [6, 6.07) is 17.1. The van der Waals surface area contributed by atoms with Crippen LogP contribution in [0.15, 0.2) is 76.2 Å². The van der Waals surface area contributed by atoms with E-state index in [0.717, 1.165) is 44.6 Å². The quantitative estimate of drug-likeness (QED) is 0.186. The van der Waals surface area contributed by atoms with Crippen molar-refractivity contribution in [2.45, 2.75) is 36.2 Å². The Morgan fingerprint density at radius 2 is 1.97 bits per heavy atom. The molecule has 5 rings (SSSR count). The average Bonchev–Trinajstić information content (AvgIpc) is 3.33. The molecular weight excluding hydrogens is 580 g/mol. The molecule has 1 saturated heterocycles. The number of guanidine groups is 1. The number of hydrogen-bond donors (Lipinski definition) is 4. The number of likely N-dealkylation sites (tertiary alicyclic amines) is 1. The number of fused-ring (bicyclic) bond motifs is 2. The zero-order chi connectivity index (χ0) is 27.7. The highest BCUT2D eigenvalue weighted by molar-refractivity contribution is 9.10. The number of sulfonamides is 1. The fraction of sp³-hybridized carbons (Fsp3) is 0.286. The number of piperidine rings is 1. The maximum atomic E-state index is 13.9. The Labute approximate surface area is 236 Å². The molecule has 9 nitrogen and oxygen atoms in total. The van der Waals surface area contributed by atoms with Crippen LogP contribution in [0.5, 0.6) is 0 Å². The number of carbonyl (C=O) groups excluding carboxylic acids is 1. The van der Waals surface area contributed by atoms with E-state index in [4.69, 9.17) is 11.1 Å². The second kappa shape index (κ2) is 11.0. The Bertz CT molecular complexity index is 1650. The van der Waals surface area contributed by atoms with Crippen molar-refractivity contribution >= 4 is 59.5 Å². The number of aromatic amines is 1. The fourth-order valence-corrected chi connectivity index (χ4v) is 6.81. The number of nitrogens with one attached hydrogen (secondary N) is 3. The number of aromatic nitrogens is 1. The van der Waals surface area contributed by atoms with E-state index in [1.165, 1.54) is 0 Å². The highest BCUT2D eigenvalue weighted by Crippen LogP contribution is 2.26. The van der Waals surface area contributed by atoms with E-state index in [1.807, 2.05) is 48.7 Å². The summed E-state index contributed by atoms with van der Waals surface area (Å²) in [5, 5.41) is 10.5. The summed E-state index contributed by atoms with van der Waals surface area (Å²) in [5.74, 6) is -0.363. The smallest absolute Gasteiger partial charge is 0.241 e. The molecule has 0 saturated carbocycles. The first kappa shape index (κ1) is 27.2. The predicted octanol–water partition coefficient (Wildman–Crippen LogP) is 3.79. The van der Waals surface area contributed by atoms with Gasteiger partial charge < -0.3 is 20.5 Å². The molecule has 0 spiro atoms. The number of amides is 1. The van der Waals surface area contributed by atoms with Crippen molar-refractivity contribution in [2.24, 2.45) is 5.73 Å². The molecule has 1 aliphatic rings. The van der Waals surface area contributed by atoms with Gasteiger partial charge in [-0.05, 0) is 65.9 Å². The van der Waals surface area contributed by atoms with Crippen LogP contribution in [0.25, 0.3) is 21.7 Å². The zero-order valence-electron chi connectivity index (χ0n) is 21.5. The highest BCUT2D eigenvalue weighted by Gasteiger charge is 2.34. The molecule has 5 N–H and O–H groups in total. The molecule has 1 aliphatic heterocycles. The number of halogens is 1. The van der Waals surface area contributed by atoms with Crippen LogP contribution in [-0.4, -0.2) is 67.3 Å². The third kappa shape index (κ3) is 5.80. The van der Waals surface area contributed by atoms with Gasteiger partial charge in [-0.15, -0.1) is 0 Å². The summed E-state index contributed by atoms with van der Waals surface area (Å²) in [7, 11) is -2.34. The Morgan fingerprint density at radius 3 is 2.74 bits per heavy atom. The van der Waals surface area contributed by atoms with Crippen LogP contribution in [0, 0.1) is 5.41 Å². The molecule has 0 aliphatic carbocycles. The van der Waals surface area contributed by atoms with Gasteiger partial charge in [0.25, 0.3) is 0 Å². The van der Waals surface area contributed by atoms with Crippen molar-refractivity contribution in [3.05, 3.63) is 76.9 Å². The minimum absolute atomic E-state index is 0.0292. The van der Waals surface area contributed by atoms with Crippen LogP contribution in [0.1, 0.15) is 18.4 Å². The summed E-state index contributed by atoms with van der Waals surface area (Å²) in [5.41, 5.74) is 7.44. The first-order valence-corrected chi connectivity index (χ1v) is 15.0. The van der Waals surface area contributed by atoms with E-state index in [1.54, 1.807) is 35.0 Å². The summed E-state index contributed by atoms with van der Waals surface area (Å²) in [6.45, 7) is 1.10. The van der Waals surface area contributed by atoms with Crippen LogP contribution in [-0.2, 0) is 21.2 Å². The van der Waals surface area contributed by atoms with Crippen molar-refractivity contribution in [2.75, 3.05) is 20.1 Å². The van der Waals surface area contributed by atoms with Gasteiger partial charge in [-0.25, -0.2) is 8.42 Å². The molecule has 2 unspecified atom stereocenters. The number of benzene rings is 3. The van der Waals surface area contributed by atoms with Crippen molar-refractivity contribution in [1.29, 1.82) is 5.41 Å². The summed E-state index contributed by atoms with van der Waals surface area (Å²) in [4.78, 5) is 20.6. The second-order valence-corrected chi connectivity index (χ2v) is 12.6. The number of H-pyrrole nitrogens is 1. The van der Waals surface area contributed by atoms with Crippen molar-refractivity contribution in [3.63, 3.8) is 0 Å². The summed E-state index contributed by atoms with van der Waals surface area (Å²) in [6.07, 6.45) is 3.51. The normalized spacial score (nSPS) is 16.9. The van der Waals surface area contributed by atoms with Gasteiger partial charge in [0.2, 0.25) is 15.9 Å². The van der Waals surface area contributed by atoms with Crippen LogP contribution in [0.4, 0.5) is 0 Å². The van der Waals surface area contributed by atoms with E-state index in [2.05, 4.69) is 25.6 Å². The second-order valence-electron chi connectivity index (χ2n) is 9.97. The van der Waals surface area contributed by atoms with Crippen LogP contribution < -0.4 is 10.5 Å². The van der Waals surface area contributed by atoms with Gasteiger partial charge >= 0.3 is 0 Å². The minimum Gasteiger partial charge on any atom is -0.370 e. The number of hydrogen-bond acceptors (Lipinski definition) is 4. The Balaban J connectivity index is 1.47. The number of nitrogens with zero attached hydrogens (tertiary/aromatic N) is 2.